The summed E-state index contributed by atoms with van der Waals surface area (Å²) in [6.07, 6.45) is -3.30. The zero-order valence-corrected chi connectivity index (χ0v) is 19.4. The summed E-state index contributed by atoms with van der Waals surface area (Å²) in [6.45, 7) is 0. The van der Waals surface area contributed by atoms with Crippen molar-refractivity contribution in [3.05, 3.63) is 106 Å². The molecule has 13 heteroatoms. The highest BCUT2D eigenvalue weighted by Crippen LogP contribution is 2.39. The summed E-state index contributed by atoms with van der Waals surface area (Å²) in [5.74, 6) is -1.30. The van der Waals surface area contributed by atoms with E-state index in [2.05, 4.69) is 15.4 Å². The maximum absolute atomic E-state index is 13.4. The monoisotopic (exact) mass is 527 g/mol. The number of halogens is 4. The Kier molecular flexibility index (Phi) is 6.18. The number of alkyl halides is 3. The van der Waals surface area contributed by atoms with E-state index in [-0.39, 0.29) is 17.3 Å². The van der Waals surface area contributed by atoms with E-state index in [0.717, 1.165) is 4.68 Å². The van der Waals surface area contributed by atoms with Crippen molar-refractivity contribution in [3.63, 3.8) is 0 Å². The maximum atomic E-state index is 13.4. The first-order chi connectivity index (χ1) is 18.1. The summed E-state index contributed by atoms with van der Waals surface area (Å²) in [4.78, 5) is 14.8. The molecule has 1 unspecified atom stereocenters. The van der Waals surface area contributed by atoms with Gasteiger partial charge in [-0.15, -0.1) is 5.10 Å². The third-order valence-corrected chi connectivity index (χ3v) is 5.68. The second-order valence-electron chi connectivity index (χ2n) is 8.12. The first-order valence-electron chi connectivity index (χ1n) is 11.0. The molecule has 0 spiro atoms. The number of benzene rings is 3. The number of anilines is 1. The first-order valence-corrected chi connectivity index (χ1v) is 11.0. The Hall–Kier alpha value is -4.94. The van der Waals surface area contributed by atoms with Gasteiger partial charge in [0.2, 0.25) is 11.7 Å². The molecule has 0 aliphatic carbocycles. The highest BCUT2D eigenvalue weighted by Gasteiger charge is 2.39. The van der Waals surface area contributed by atoms with Crippen LogP contribution in [0.1, 0.15) is 23.0 Å². The lowest BCUT2D eigenvalue weighted by atomic mass is 10.0. The number of hydrogen-bond donors (Lipinski definition) is 1. The zero-order chi connectivity index (χ0) is 27.0. The minimum absolute atomic E-state index is 0.0737. The third kappa shape index (κ3) is 4.85. The van der Waals surface area contributed by atoms with E-state index < -0.39 is 34.5 Å². The van der Waals surface area contributed by atoms with Crippen molar-refractivity contribution in [2.75, 3.05) is 12.4 Å². The largest absolute Gasteiger partial charge is 0.497 e. The lowest BCUT2D eigenvalue weighted by Crippen LogP contribution is -2.20. The minimum atomic E-state index is -4.82. The summed E-state index contributed by atoms with van der Waals surface area (Å²) in [7, 11) is 1.49. The van der Waals surface area contributed by atoms with E-state index in [9.17, 15) is 27.7 Å². The minimum Gasteiger partial charge on any atom is -0.497 e. The predicted octanol–water partition coefficient (Wildman–Crippen LogP) is 6.20. The maximum Gasteiger partial charge on any atom is 0.453 e. The Morgan fingerprint density at radius 1 is 1.03 bits per heavy atom. The van der Waals surface area contributed by atoms with Crippen molar-refractivity contribution < 1.29 is 32.0 Å². The molecule has 194 valence electrons. The van der Waals surface area contributed by atoms with Gasteiger partial charge < -0.3 is 14.8 Å². The number of allylic oxidation sites excluding steroid dienone is 1. The molecule has 1 atom stereocenters. The molecule has 1 aliphatic heterocycles. The van der Waals surface area contributed by atoms with E-state index in [1.807, 2.05) is 0 Å². The van der Waals surface area contributed by atoms with Gasteiger partial charge in [-0.1, -0.05) is 6.07 Å². The quantitative estimate of drug-likeness (QED) is 0.181. The molecule has 1 aromatic heterocycles. The fraction of sp³-hybridized carbons (Fsp3) is 0.120. The van der Waals surface area contributed by atoms with Crippen molar-refractivity contribution in [1.82, 2.24) is 14.8 Å². The standard InChI is InChI=1S/C25H17F4N5O4/c1-37-17-7-9-18(10-8-17)38-22-11-4-15(12-21(22)34(35)36)20-13-19(14-2-5-16(26)6-3-14)30-24-31-23(25(27,28)29)32-33(20)24/h2-13,20H,1H3,(H,30,31,32). The van der Waals surface area contributed by atoms with Gasteiger partial charge in [0.15, 0.2) is 0 Å². The molecule has 0 saturated heterocycles. The van der Waals surface area contributed by atoms with E-state index in [4.69, 9.17) is 9.47 Å². The Bertz CT molecular complexity index is 1530. The Morgan fingerprint density at radius 3 is 2.34 bits per heavy atom. The molecule has 4 aromatic rings. The van der Waals surface area contributed by atoms with Crippen LogP contribution >= 0.6 is 0 Å². The van der Waals surface area contributed by atoms with Crippen LogP contribution in [-0.2, 0) is 6.18 Å². The molecule has 1 aliphatic rings. The fourth-order valence-electron chi connectivity index (χ4n) is 3.87. The van der Waals surface area contributed by atoms with E-state index >= 15 is 0 Å². The summed E-state index contributed by atoms with van der Waals surface area (Å²) >= 11 is 0. The number of fused-ring (bicyclic) bond motifs is 1. The van der Waals surface area contributed by atoms with Crippen LogP contribution in [0.2, 0.25) is 0 Å². The van der Waals surface area contributed by atoms with Crippen molar-refractivity contribution in [1.29, 1.82) is 0 Å². The first kappa shape index (κ1) is 24.7. The molecular weight excluding hydrogens is 510 g/mol. The molecule has 1 N–H and O–H groups in total. The molecular formula is C25H17F4N5O4. The van der Waals surface area contributed by atoms with Gasteiger partial charge in [0, 0.05) is 11.8 Å². The molecule has 0 radical (unpaired) electrons. The van der Waals surface area contributed by atoms with Gasteiger partial charge in [0.25, 0.3) is 5.82 Å². The average molecular weight is 527 g/mol. The lowest BCUT2D eigenvalue weighted by Gasteiger charge is -2.24. The van der Waals surface area contributed by atoms with E-state index in [1.54, 1.807) is 24.3 Å². The predicted molar refractivity (Wildman–Crippen MR) is 127 cm³/mol. The van der Waals surface area contributed by atoms with Gasteiger partial charge in [-0.25, -0.2) is 9.07 Å². The van der Waals surface area contributed by atoms with Crippen molar-refractivity contribution in [2.45, 2.75) is 12.2 Å². The Labute approximate surface area is 212 Å². The van der Waals surface area contributed by atoms with Gasteiger partial charge in [-0.3, -0.25) is 10.1 Å². The number of methoxy groups -OCH3 is 1. The topological polar surface area (TPSA) is 104 Å². The van der Waals surface area contributed by atoms with Crippen molar-refractivity contribution in [3.8, 4) is 17.2 Å². The number of nitro groups is 1. The van der Waals surface area contributed by atoms with Gasteiger partial charge >= 0.3 is 11.9 Å². The Morgan fingerprint density at radius 2 is 1.71 bits per heavy atom. The summed E-state index contributed by atoms with van der Waals surface area (Å²) < 4.78 is 65.4. The summed E-state index contributed by atoms with van der Waals surface area (Å²) in [5, 5.41) is 18.3. The van der Waals surface area contributed by atoms with Crippen molar-refractivity contribution >= 4 is 17.3 Å². The highest BCUT2D eigenvalue weighted by molar-refractivity contribution is 5.77. The SMILES string of the molecule is COc1ccc(Oc2ccc(C3C=C(c4ccc(F)cc4)Nc4nc(C(F)(F)F)nn43)cc2[N+](=O)[O-])cc1. The van der Waals surface area contributed by atoms with Crippen LogP contribution < -0.4 is 14.8 Å². The molecule has 0 fully saturated rings. The van der Waals surface area contributed by atoms with Crippen LogP contribution in [-0.4, -0.2) is 26.8 Å². The number of hydrogen-bond acceptors (Lipinski definition) is 7. The molecule has 0 amide bonds. The second kappa shape index (κ2) is 9.50. The van der Waals surface area contributed by atoms with Gasteiger partial charge in [-0.2, -0.15) is 18.2 Å². The second-order valence-corrected chi connectivity index (χ2v) is 8.12. The van der Waals surface area contributed by atoms with Crippen LogP contribution in [0.15, 0.2) is 72.8 Å². The summed E-state index contributed by atoms with van der Waals surface area (Å²) in [5.41, 5.74) is 0.629. The lowest BCUT2D eigenvalue weighted by molar-refractivity contribution is -0.385. The number of nitrogens with one attached hydrogen (secondary N) is 1. The number of nitro benzene ring substituents is 1. The number of ether oxygens (including phenoxy) is 2. The summed E-state index contributed by atoms with van der Waals surface area (Å²) in [6, 6.07) is 14.7. The highest BCUT2D eigenvalue weighted by atomic mass is 19.4. The number of aromatic nitrogens is 3. The van der Waals surface area contributed by atoms with Crippen LogP contribution in [0, 0.1) is 15.9 Å². The zero-order valence-electron chi connectivity index (χ0n) is 19.4. The molecule has 38 heavy (non-hydrogen) atoms. The molecule has 9 nitrogen and oxygen atoms in total. The van der Waals surface area contributed by atoms with Crippen molar-refractivity contribution in [2.24, 2.45) is 0 Å². The van der Waals surface area contributed by atoms with Gasteiger partial charge in [-0.05, 0) is 71.8 Å². The van der Waals surface area contributed by atoms with Crippen LogP contribution in [0.3, 0.4) is 0 Å². The van der Waals surface area contributed by atoms with E-state index in [1.165, 1.54) is 55.7 Å². The third-order valence-electron chi connectivity index (χ3n) is 5.68. The normalized spacial score (nSPS) is 14.8. The van der Waals surface area contributed by atoms with Crippen LogP contribution in [0.5, 0.6) is 17.2 Å². The molecule has 0 saturated carbocycles. The molecule has 2 heterocycles. The molecule has 5 rings (SSSR count). The smallest absolute Gasteiger partial charge is 0.453 e. The van der Waals surface area contributed by atoms with Gasteiger partial charge in [0.05, 0.1) is 12.0 Å². The Balaban J connectivity index is 1.58. The molecule has 0 bridgehead atoms. The number of rotatable bonds is 6. The van der Waals surface area contributed by atoms with Gasteiger partial charge in [0.1, 0.15) is 23.4 Å². The van der Waals surface area contributed by atoms with Crippen LogP contribution in [0.25, 0.3) is 5.70 Å². The fourth-order valence-corrected chi connectivity index (χ4v) is 3.87. The van der Waals surface area contributed by atoms with Crippen LogP contribution in [0.4, 0.5) is 29.2 Å². The number of nitrogens with zero attached hydrogens (tertiary/aromatic N) is 4. The average Bonchev–Trinajstić information content (AvgIpc) is 3.34. The van der Waals surface area contributed by atoms with E-state index in [0.29, 0.717) is 22.8 Å². The molecule has 3 aromatic carbocycles.